The second-order valence-electron chi connectivity index (χ2n) is 6.03. The van der Waals surface area contributed by atoms with Gasteiger partial charge in [0.2, 0.25) is 0 Å². The van der Waals surface area contributed by atoms with Crippen molar-refractivity contribution in [2.75, 3.05) is 26.2 Å². The molecule has 0 aromatic heterocycles. The Balaban J connectivity index is 1.58. The number of rotatable bonds is 3. The molecule has 23 heavy (non-hydrogen) atoms. The van der Waals surface area contributed by atoms with Gasteiger partial charge < -0.3 is 4.90 Å². The Morgan fingerprint density at radius 2 is 1.78 bits per heavy atom. The van der Waals surface area contributed by atoms with Crippen LogP contribution in [0, 0.1) is 12.7 Å². The molecule has 1 saturated heterocycles. The summed E-state index contributed by atoms with van der Waals surface area (Å²) in [4.78, 5) is 16.6. The summed E-state index contributed by atoms with van der Waals surface area (Å²) in [5.74, 6) is -0.0787. The zero-order chi connectivity index (χ0) is 16.2. The summed E-state index contributed by atoms with van der Waals surface area (Å²) in [7, 11) is 0. The number of aryl methyl sites for hydroxylation is 1. The van der Waals surface area contributed by atoms with E-state index in [2.05, 4.69) is 4.90 Å². The molecule has 3 rings (SSSR count). The third-order valence-corrected chi connectivity index (χ3v) is 4.28. The zero-order valence-corrected chi connectivity index (χ0v) is 13.3. The Hall–Kier alpha value is -2.20. The lowest BCUT2D eigenvalue weighted by atomic mass is 10.1. The highest BCUT2D eigenvalue weighted by atomic mass is 19.1. The van der Waals surface area contributed by atoms with Crippen LogP contribution in [0.2, 0.25) is 0 Å². The van der Waals surface area contributed by atoms with Crippen molar-refractivity contribution < 1.29 is 9.18 Å². The van der Waals surface area contributed by atoms with E-state index in [9.17, 15) is 9.18 Å². The molecule has 0 unspecified atom stereocenters. The van der Waals surface area contributed by atoms with E-state index < -0.39 is 0 Å². The number of halogens is 1. The minimum Gasteiger partial charge on any atom is -0.336 e. The predicted molar refractivity (Wildman–Crippen MR) is 88.8 cm³/mol. The van der Waals surface area contributed by atoms with Gasteiger partial charge in [-0.3, -0.25) is 9.69 Å². The van der Waals surface area contributed by atoms with Crippen molar-refractivity contribution in [2.24, 2.45) is 0 Å². The molecule has 0 spiro atoms. The lowest BCUT2D eigenvalue weighted by Gasteiger charge is -2.34. The van der Waals surface area contributed by atoms with Gasteiger partial charge in [0.1, 0.15) is 5.82 Å². The third kappa shape index (κ3) is 3.77. The Labute approximate surface area is 136 Å². The number of carbonyl (C=O) groups is 1. The van der Waals surface area contributed by atoms with E-state index in [-0.39, 0.29) is 11.7 Å². The second-order valence-corrected chi connectivity index (χ2v) is 6.03. The number of carbonyl (C=O) groups excluding carboxylic acids is 1. The highest BCUT2D eigenvalue weighted by molar-refractivity contribution is 5.94. The molecule has 0 radical (unpaired) electrons. The fourth-order valence-corrected chi connectivity index (χ4v) is 2.94. The molecule has 3 nitrogen and oxygen atoms in total. The number of piperazine rings is 1. The standard InChI is InChI=1S/C19H21FN2O/c1-15-5-4-7-16(13-15)19(23)22-11-9-21(10-12-22)14-17-6-2-3-8-18(17)20/h2-8,13H,9-12,14H2,1H3. The van der Waals surface area contributed by atoms with Crippen molar-refractivity contribution >= 4 is 5.91 Å². The SMILES string of the molecule is Cc1cccc(C(=O)N2CCN(Cc3ccccc3F)CC2)c1. The van der Waals surface area contributed by atoms with E-state index in [4.69, 9.17) is 0 Å². The smallest absolute Gasteiger partial charge is 0.253 e. The monoisotopic (exact) mass is 312 g/mol. The normalized spacial score (nSPS) is 15.7. The summed E-state index contributed by atoms with van der Waals surface area (Å²) >= 11 is 0. The summed E-state index contributed by atoms with van der Waals surface area (Å²) in [6.07, 6.45) is 0. The fourth-order valence-electron chi connectivity index (χ4n) is 2.94. The molecule has 120 valence electrons. The number of amides is 1. The van der Waals surface area contributed by atoms with Crippen LogP contribution in [0.1, 0.15) is 21.5 Å². The van der Waals surface area contributed by atoms with Crippen molar-refractivity contribution in [3.63, 3.8) is 0 Å². The molecule has 1 fully saturated rings. The Morgan fingerprint density at radius 1 is 1.04 bits per heavy atom. The summed E-state index contributed by atoms with van der Waals surface area (Å²) < 4.78 is 13.7. The fraction of sp³-hybridized carbons (Fsp3) is 0.316. The summed E-state index contributed by atoms with van der Waals surface area (Å²) in [5.41, 5.74) is 2.55. The first kappa shape index (κ1) is 15.7. The zero-order valence-electron chi connectivity index (χ0n) is 13.3. The van der Waals surface area contributed by atoms with E-state index in [1.165, 1.54) is 6.07 Å². The summed E-state index contributed by atoms with van der Waals surface area (Å²) in [5, 5.41) is 0. The first-order chi connectivity index (χ1) is 11.1. The van der Waals surface area contributed by atoms with Crippen LogP contribution in [0.25, 0.3) is 0 Å². The highest BCUT2D eigenvalue weighted by Gasteiger charge is 2.22. The van der Waals surface area contributed by atoms with Gasteiger partial charge in [0.05, 0.1) is 0 Å². The van der Waals surface area contributed by atoms with Gasteiger partial charge in [-0.2, -0.15) is 0 Å². The molecular weight excluding hydrogens is 291 g/mol. The maximum atomic E-state index is 13.7. The van der Waals surface area contributed by atoms with Crippen LogP contribution in [0.4, 0.5) is 4.39 Å². The quantitative estimate of drug-likeness (QED) is 0.869. The van der Waals surface area contributed by atoms with Crippen LogP contribution < -0.4 is 0 Å². The van der Waals surface area contributed by atoms with Crippen molar-refractivity contribution in [1.29, 1.82) is 0 Å². The maximum absolute atomic E-state index is 13.7. The average Bonchev–Trinajstić information content (AvgIpc) is 2.57. The molecular formula is C19H21FN2O. The first-order valence-electron chi connectivity index (χ1n) is 7.95. The van der Waals surface area contributed by atoms with Crippen molar-refractivity contribution in [2.45, 2.75) is 13.5 Å². The van der Waals surface area contributed by atoms with Crippen LogP contribution in [-0.2, 0) is 6.54 Å². The minimum absolute atomic E-state index is 0.0826. The van der Waals surface area contributed by atoms with E-state index in [1.807, 2.05) is 48.2 Å². The Bertz CT molecular complexity index is 693. The first-order valence-corrected chi connectivity index (χ1v) is 7.95. The van der Waals surface area contributed by atoms with Crippen LogP contribution >= 0.6 is 0 Å². The van der Waals surface area contributed by atoms with Crippen LogP contribution in [0.5, 0.6) is 0 Å². The Kier molecular flexibility index (Phi) is 4.72. The number of nitrogens with zero attached hydrogens (tertiary/aromatic N) is 2. The minimum atomic E-state index is -0.161. The van der Waals surface area contributed by atoms with Gasteiger partial charge in [-0.1, -0.05) is 35.9 Å². The summed E-state index contributed by atoms with van der Waals surface area (Å²) in [6, 6.07) is 14.6. The third-order valence-electron chi connectivity index (χ3n) is 4.28. The molecule has 2 aromatic rings. The average molecular weight is 312 g/mol. The van der Waals surface area contributed by atoms with E-state index >= 15 is 0 Å². The van der Waals surface area contributed by atoms with Crippen LogP contribution in [-0.4, -0.2) is 41.9 Å². The van der Waals surface area contributed by atoms with E-state index in [0.29, 0.717) is 25.2 Å². The van der Waals surface area contributed by atoms with Gasteiger partial charge in [-0.15, -0.1) is 0 Å². The molecule has 0 aliphatic carbocycles. The molecule has 1 heterocycles. The van der Waals surface area contributed by atoms with Gasteiger partial charge in [0.15, 0.2) is 0 Å². The second kappa shape index (κ2) is 6.92. The van der Waals surface area contributed by atoms with Gasteiger partial charge in [-0.05, 0) is 25.1 Å². The molecule has 0 atom stereocenters. The molecule has 2 aromatic carbocycles. The lowest BCUT2D eigenvalue weighted by Crippen LogP contribution is -2.48. The molecule has 1 aliphatic heterocycles. The molecule has 1 amide bonds. The van der Waals surface area contributed by atoms with Crippen LogP contribution in [0.3, 0.4) is 0 Å². The predicted octanol–water partition coefficient (Wildman–Crippen LogP) is 3.09. The molecule has 0 bridgehead atoms. The van der Waals surface area contributed by atoms with Crippen molar-refractivity contribution in [1.82, 2.24) is 9.80 Å². The van der Waals surface area contributed by atoms with Gasteiger partial charge >= 0.3 is 0 Å². The number of hydrogen-bond acceptors (Lipinski definition) is 2. The molecule has 0 N–H and O–H groups in total. The van der Waals surface area contributed by atoms with E-state index in [1.54, 1.807) is 6.07 Å². The topological polar surface area (TPSA) is 23.6 Å². The van der Waals surface area contributed by atoms with Gasteiger partial charge in [-0.25, -0.2) is 4.39 Å². The van der Waals surface area contributed by atoms with Gasteiger partial charge in [0, 0.05) is 43.9 Å². The Morgan fingerprint density at radius 3 is 2.48 bits per heavy atom. The van der Waals surface area contributed by atoms with Crippen LogP contribution in [0.15, 0.2) is 48.5 Å². The highest BCUT2D eigenvalue weighted by Crippen LogP contribution is 2.14. The number of hydrogen-bond donors (Lipinski definition) is 0. The maximum Gasteiger partial charge on any atom is 0.253 e. The molecule has 0 saturated carbocycles. The number of benzene rings is 2. The van der Waals surface area contributed by atoms with E-state index in [0.717, 1.165) is 24.2 Å². The lowest BCUT2D eigenvalue weighted by molar-refractivity contribution is 0.0627. The van der Waals surface area contributed by atoms with Gasteiger partial charge in [0.25, 0.3) is 5.91 Å². The largest absolute Gasteiger partial charge is 0.336 e. The molecule has 4 heteroatoms. The molecule has 1 aliphatic rings. The van der Waals surface area contributed by atoms with Crippen molar-refractivity contribution in [3.05, 3.63) is 71.0 Å². The van der Waals surface area contributed by atoms with Crippen molar-refractivity contribution in [3.8, 4) is 0 Å². The summed E-state index contributed by atoms with van der Waals surface area (Å²) in [6.45, 7) is 5.49.